The highest BCUT2D eigenvalue weighted by atomic mass is 19.4. The van der Waals surface area contributed by atoms with Gasteiger partial charge < -0.3 is 9.30 Å². The van der Waals surface area contributed by atoms with Crippen molar-refractivity contribution in [2.24, 2.45) is 0 Å². The van der Waals surface area contributed by atoms with E-state index in [1.54, 1.807) is 18.2 Å². The summed E-state index contributed by atoms with van der Waals surface area (Å²) in [5.74, 6) is -1.16. The first-order valence-electron chi connectivity index (χ1n) is 5.80. The maximum Gasteiger partial charge on any atom is 0.454 e. The monoisotopic (exact) mass is 283 g/mol. The minimum absolute atomic E-state index is 0.361. The smallest absolute Gasteiger partial charge is 0.454 e. The highest BCUT2D eigenvalue weighted by molar-refractivity contribution is 6.00. The van der Waals surface area contributed by atoms with E-state index in [9.17, 15) is 18.0 Å². The van der Waals surface area contributed by atoms with Gasteiger partial charge in [0.15, 0.2) is 0 Å². The summed E-state index contributed by atoms with van der Waals surface area (Å²) in [6.07, 6.45) is -2.21. The van der Waals surface area contributed by atoms with E-state index in [0.717, 1.165) is 11.6 Å². The molecule has 2 rings (SSSR count). The molecule has 0 radical (unpaired) electrons. The van der Waals surface area contributed by atoms with Crippen LogP contribution in [0.2, 0.25) is 0 Å². The number of methoxy groups -OCH3 is 1. The first kappa shape index (κ1) is 14.2. The zero-order chi connectivity index (χ0) is 14.8. The lowest BCUT2D eigenvalue weighted by molar-refractivity contribution is -0.0885. The Bertz CT molecular complexity index is 617. The molecule has 0 fully saturated rings. The van der Waals surface area contributed by atoms with Crippen LogP contribution in [0.3, 0.4) is 0 Å². The van der Waals surface area contributed by atoms with Gasteiger partial charge in [-0.05, 0) is 23.8 Å². The summed E-state index contributed by atoms with van der Waals surface area (Å²) < 4.78 is 43.5. The maximum atomic E-state index is 12.3. The number of rotatable bonds is 4. The zero-order valence-corrected chi connectivity index (χ0v) is 10.6. The minimum Gasteiger partial charge on any atom is -0.497 e. The Kier molecular flexibility index (Phi) is 3.83. The van der Waals surface area contributed by atoms with Gasteiger partial charge in [0, 0.05) is 24.5 Å². The number of ether oxygens (including phenoxy) is 1. The van der Waals surface area contributed by atoms with Gasteiger partial charge in [-0.3, -0.25) is 4.79 Å². The number of halogens is 3. The maximum absolute atomic E-state index is 12.3. The van der Waals surface area contributed by atoms with Crippen molar-refractivity contribution in [2.75, 3.05) is 7.11 Å². The predicted octanol–water partition coefficient (Wildman–Crippen LogP) is 3.29. The number of hydrogen-bond donors (Lipinski definition) is 0. The van der Waals surface area contributed by atoms with Crippen LogP contribution in [0.25, 0.3) is 0 Å². The van der Waals surface area contributed by atoms with Crippen LogP contribution < -0.4 is 4.74 Å². The van der Waals surface area contributed by atoms with Crippen LogP contribution in [-0.4, -0.2) is 23.6 Å². The molecule has 20 heavy (non-hydrogen) atoms. The van der Waals surface area contributed by atoms with Crippen molar-refractivity contribution in [3.63, 3.8) is 0 Å². The van der Waals surface area contributed by atoms with Gasteiger partial charge in [0.1, 0.15) is 5.75 Å². The Morgan fingerprint density at radius 2 is 2.05 bits per heavy atom. The third-order valence-corrected chi connectivity index (χ3v) is 2.77. The summed E-state index contributed by atoms with van der Waals surface area (Å²) in [6.45, 7) is 0.363. The summed E-state index contributed by atoms with van der Waals surface area (Å²) in [5.41, 5.74) is 0.506. The first-order chi connectivity index (χ1) is 9.40. The lowest BCUT2D eigenvalue weighted by Crippen LogP contribution is -2.22. The summed E-state index contributed by atoms with van der Waals surface area (Å²) in [7, 11) is 1.54. The molecule has 1 aromatic carbocycles. The van der Waals surface area contributed by atoms with Crippen molar-refractivity contribution in [3.8, 4) is 5.75 Å². The van der Waals surface area contributed by atoms with Crippen LogP contribution in [0.1, 0.15) is 15.9 Å². The molecular weight excluding hydrogens is 271 g/mol. The van der Waals surface area contributed by atoms with Crippen LogP contribution in [0, 0.1) is 0 Å². The lowest BCUT2D eigenvalue weighted by Gasteiger charge is -2.06. The molecule has 0 atom stereocenters. The zero-order valence-electron chi connectivity index (χ0n) is 10.6. The molecule has 106 valence electrons. The van der Waals surface area contributed by atoms with Crippen LogP contribution in [0.15, 0.2) is 42.7 Å². The fourth-order valence-electron chi connectivity index (χ4n) is 1.82. The summed E-state index contributed by atoms with van der Waals surface area (Å²) in [4.78, 5) is 11.1. The van der Waals surface area contributed by atoms with Crippen molar-refractivity contribution in [1.82, 2.24) is 4.57 Å². The Labute approximate surface area is 113 Å². The Balaban J connectivity index is 2.15. The number of aromatic nitrogens is 1. The molecule has 0 aliphatic carbocycles. The number of carbonyl (C=O) groups excluding carboxylic acids is 1. The fourth-order valence-corrected chi connectivity index (χ4v) is 1.82. The number of ketones is 1. The van der Waals surface area contributed by atoms with E-state index in [1.165, 1.54) is 24.1 Å². The standard InChI is InChI=1S/C14H12F3NO2/c1-20-12-4-2-3-10(7-12)8-18-6-5-11(9-18)13(19)14(15,16)17/h2-7,9H,8H2,1H3. The molecule has 6 heteroatoms. The van der Waals surface area contributed by atoms with E-state index >= 15 is 0 Å². The van der Waals surface area contributed by atoms with Crippen LogP contribution in [0.4, 0.5) is 13.2 Å². The normalized spacial score (nSPS) is 11.4. The van der Waals surface area contributed by atoms with Crippen LogP contribution >= 0.6 is 0 Å². The summed E-state index contributed by atoms with van der Waals surface area (Å²) in [5, 5.41) is 0. The third-order valence-electron chi connectivity index (χ3n) is 2.77. The fraction of sp³-hybridized carbons (Fsp3) is 0.214. The van der Waals surface area contributed by atoms with E-state index < -0.39 is 12.0 Å². The van der Waals surface area contributed by atoms with Gasteiger partial charge in [0.2, 0.25) is 0 Å². The highest BCUT2D eigenvalue weighted by Gasteiger charge is 2.39. The van der Waals surface area contributed by atoms with E-state index in [4.69, 9.17) is 4.74 Å². The summed E-state index contributed by atoms with van der Waals surface area (Å²) >= 11 is 0. The second-order valence-electron chi connectivity index (χ2n) is 4.25. The van der Waals surface area contributed by atoms with Crippen molar-refractivity contribution in [2.45, 2.75) is 12.7 Å². The van der Waals surface area contributed by atoms with Crippen LogP contribution in [0.5, 0.6) is 5.75 Å². The van der Waals surface area contributed by atoms with Gasteiger partial charge in [-0.2, -0.15) is 13.2 Å². The van der Waals surface area contributed by atoms with E-state index in [-0.39, 0.29) is 5.56 Å². The molecule has 3 nitrogen and oxygen atoms in total. The molecule has 0 saturated heterocycles. The van der Waals surface area contributed by atoms with Gasteiger partial charge in [0.05, 0.1) is 7.11 Å². The second-order valence-corrected chi connectivity index (χ2v) is 4.25. The average molecular weight is 283 g/mol. The van der Waals surface area contributed by atoms with E-state index in [1.807, 2.05) is 6.07 Å². The highest BCUT2D eigenvalue weighted by Crippen LogP contribution is 2.22. The molecule has 0 aliphatic rings. The molecule has 0 aliphatic heterocycles. The molecule has 0 unspecified atom stereocenters. The Hall–Kier alpha value is -2.24. The Morgan fingerprint density at radius 3 is 2.70 bits per heavy atom. The molecule has 0 saturated carbocycles. The average Bonchev–Trinajstić information content (AvgIpc) is 2.85. The van der Waals surface area contributed by atoms with Gasteiger partial charge >= 0.3 is 6.18 Å². The molecule has 0 N–H and O–H groups in total. The van der Waals surface area contributed by atoms with Crippen molar-refractivity contribution >= 4 is 5.78 Å². The summed E-state index contributed by atoms with van der Waals surface area (Å²) in [6, 6.07) is 8.34. The minimum atomic E-state index is -4.85. The third kappa shape index (κ3) is 3.20. The van der Waals surface area contributed by atoms with Gasteiger partial charge in [0.25, 0.3) is 5.78 Å². The van der Waals surface area contributed by atoms with E-state index in [2.05, 4.69) is 0 Å². The van der Waals surface area contributed by atoms with E-state index in [0.29, 0.717) is 12.3 Å². The lowest BCUT2D eigenvalue weighted by atomic mass is 10.2. The van der Waals surface area contributed by atoms with Gasteiger partial charge in [-0.25, -0.2) is 0 Å². The molecule has 0 spiro atoms. The number of hydrogen-bond acceptors (Lipinski definition) is 2. The molecule has 1 heterocycles. The number of nitrogens with zero attached hydrogens (tertiary/aromatic N) is 1. The quantitative estimate of drug-likeness (QED) is 0.806. The number of benzene rings is 1. The number of alkyl halides is 3. The van der Waals surface area contributed by atoms with Crippen molar-refractivity contribution in [1.29, 1.82) is 0 Å². The topological polar surface area (TPSA) is 31.2 Å². The van der Waals surface area contributed by atoms with Crippen molar-refractivity contribution in [3.05, 3.63) is 53.9 Å². The number of carbonyl (C=O) groups is 1. The largest absolute Gasteiger partial charge is 0.497 e. The van der Waals surface area contributed by atoms with Crippen molar-refractivity contribution < 1.29 is 22.7 Å². The molecule has 0 bridgehead atoms. The second kappa shape index (κ2) is 5.40. The molecule has 2 aromatic rings. The van der Waals surface area contributed by atoms with Gasteiger partial charge in [-0.15, -0.1) is 0 Å². The Morgan fingerprint density at radius 1 is 1.30 bits per heavy atom. The molecule has 1 aromatic heterocycles. The number of Topliss-reactive ketones (excluding diaryl/α,β-unsaturated/α-hetero) is 1. The predicted molar refractivity (Wildman–Crippen MR) is 66.9 cm³/mol. The molecular formula is C14H12F3NO2. The van der Waals surface area contributed by atoms with Gasteiger partial charge in [-0.1, -0.05) is 12.1 Å². The first-order valence-corrected chi connectivity index (χ1v) is 5.80. The SMILES string of the molecule is COc1cccc(Cn2ccc(C(=O)C(F)(F)F)c2)c1. The molecule has 0 amide bonds. The van der Waals surface area contributed by atoms with Crippen LogP contribution in [-0.2, 0) is 6.54 Å².